The number of benzene rings is 2. The van der Waals surface area contributed by atoms with Gasteiger partial charge in [-0.1, -0.05) is 35.9 Å². The number of aromatic nitrogens is 4. The van der Waals surface area contributed by atoms with Crippen molar-refractivity contribution in [1.29, 1.82) is 0 Å². The molecule has 0 spiro atoms. The lowest BCUT2D eigenvalue weighted by Crippen LogP contribution is -2.40. The molecule has 2 aromatic heterocycles. The summed E-state index contributed by atoms with van der Waals surface area (Å²) in [5.74, 6) is 1.22. The van der Waals surface area contributed by atoms with E-state index >= 15 is 0 Å². The largest absolute Gasteiger partial charge is 0.355 e. The Hall–Kier alpha value is -3.81. The second-order valence-electron chi connectivity index (χ2n) is 8.46. The zero-order chi connectivity index (χ0) is 22.8. The first-order chi connectivity index (χ1) is 16.1. The number of piperidine rings is 1. The van der Waals surface area contributed by atoms with Crippen molar-refractivity contribution in [3.8, 4) is 11.4 Å². The van der Waals surface area contributed by atoms with Crippen LogP contribution in [0.5, 0.6) is 0 Å². The molecule has 0 unspecified atom stereocenters. The molecule has 1 aliphatic heterocycles. The fraction of sp³-hybridized carbons (Fsp3) is 0.280. The first kappa shape index (κ1) is 21.1. The molecular weight excluding hydrogens is 419 g/mol. The van der Waals surface area contributed by atoms with Crippen LogP contribution in [-0.4, -0.2) is 38.8 Å². The molecule has 1 amide bonds. The van der Waals surface area contributed by atoms with E-state index in [1.54, 1.807) is 10.6 Å². The fourth-order valence-corrected chi connectivity index (χ4v) is 4.26. The third-order valence-corrected chi connectivity index (χ3v) is 6.07. The van der Waals surface area contributed by atoms with Gasteiger partial charge < -0.3 is 10.2 Å². The molecule has 33 heavy (non-hydrogen) atoms. The van der Waals surface area contributed by atoms with Gasteiger partial charge in [0, 0.05) is 31.1 Å². The molecule has 1 saturated heterocycles. The quantitative estimate of drug-likeness (QED) is 0.507. The molecule has 0 atom stereocenters. The van der Waals surface area contributed by atoms with Crippen LogP contribution in [0.15, 0.2) is 60.7 Å². The van der Waals surface area contributed by atoms with Gasteiger partial charge in [-0.2, -0.15) is 4.52 Å². The summed E-state index contributed by atoms with van der Waals surface area (Å²) in [6.45, 7) is 3.85. The average molecular weight is 445 g/mol. The van der Waals surface area contributed by atoms with Crippen LogP contribution in [0.25, 0.3) is 17.0 Å². The molecule has 3 heterocycles. The smallest absolute Gasteiger partial charge is 0.223 e. The first-order valence-electron chi connectivity index (χ1n) is 11.1. The number of hydrogen-bond acceptors (Lipinski definition) is 5. The van der Waals surface area contributed by atoms with Gasteiger partial charge in [-0.15, -0.1) is 15.3 Å². The highest BCUT2D eigenvalue weighted by atomic mass is 19.1. The highest BCUT2D eigenvalue weighted by molar-refractivity contribution is 5.79. The highest BCUT2D eigenvalue weighted by Crippen LogP contribution is 2.24. The zero-order valence-electron chi connectivity index (χ0n) is 18.4. The van der Waals surface area contributed by atoms with E-state index in [1.165, 1.54) is 12.1 Å². The Bertz CT molecular complexity index is 1300. The Morgan fingerprint density at radius 1 is 1.06 bits per heavy atom. The van der Waals surface area contributed by atoms with Crippen molar-refractivity contribution in [3.05, 3.63) is 77.6 Å². The van der Waals surface area contributed by atoms with Gasteiger partial charge in [0.2, 0.25) is 5.91 Å². The van der Waals surface area contributed by atoms with Crippen molar-refractivity contribution in [2.24, 2.45) is 5.92 Å². The van der Waals surface area contributed by atoms with E-state index in [2.05, 4.69) is 26.5 Å². The molecule has 1 N–H and O–H groups in total. The number of amides is 1. The maximum atomic E-state index is 13.3. The van der Waals surface area contributed by atoms with Gasteiger partial charge in [0.1, 0.15) is 11.6 Å². The van der Waals surface area contributed by atoms with E-state index < -0.39 is 0 Å². The minimum atomic E-state index is -0.293. The van der Waals surface area contributed by atoms with Gasteiger partial charge in [0.05, 0.1) is 0 Å². The molecule has 8 heteroatoms. The predicted octanol–water partition coefficient (Wildman–Crippen LogP) is 3.77. The van der Waals surface area contributed by atoms with Crippen LogP contribution < -0.4 is 10.2 Å². The molecule has 7 nitrogen and oxygen atoms in total. The second-order valence-corrected chi connectivity index (χ2v) is 8.46. The SMILES string of the molecule is Cc1cccc(-c2nnc3ccc(N4CCC(C(=O)NCc5cccc(F)c5)CC4)nn23)c1. The van der Waals surface area contributed by atoms with Gasteiger partial charge in [-0.25, -0.2) is 4.39 Å². The third kappa shape index (κ3) is 4.55. The number of aryl methyl sites for hydroxylation is 1. The van der Waals surface area contributed by atoms with Crippen LogP contribution in [-0.2, 0) is 11.3 Å². The summed E-state index contributed by atoms with van der Waals surface area (Å²) in [5, 5.41) is 16.3. The van der Waals surface area contributed by atoms with E-state index in [4.69, 9.17) is 5.10 Å². The van der Waals surface area contributed by atoms with Crippen LogP contribution in [0.3, 0.4) is 0 Å². The number of rotatable bonds is 5. The molecule has 4 aromatic rings. The Labute approximate surface area is 191 Å². The van der Waals surface area contributed by atoms with Crippen molar-refractivity contribution >= 4 is 17.4 Å². The Balaban J connectivity index is 1.24. The second kappa shape index (κ2) is 8.97. The van der Waals surface area contributed by atoms with Crippen LogP contribution in [0.1, 0.15) is 24.0 Å². The van der Waals surface area contributed by atoms with Crippen LogP contribution >= 0.6 is 0 Å². The van der Waals surface area contributed by atoms with Crippen molar-refractivity contribution in [1.82, 2.24) is 25.1 Å². The maximum absolute atomic E-state index is 13.3. The number of halogens is 1. The third-order valence-electron chi connectivity index (χ3n) is 6.07. The summed E-state index contributed by atoms with van der Waals surface area (Å²) in [5.41, 5.74) is 3.58. The van der Waals surface area contributed by atoms with E-state index in [0.717, 1.165) is 48.4 Å². The normalized spacial score (nSPS) is 14.5. The van der Waals surface area contributed by atoms with Crippen molar-refractivity contribution in [2.45, 2.75) is 26.3 Å². The number of nitrogens with zero attached hydrogens (tertiary/aromatic N) is 5. The van der Waals surface area contributed by atoms with E-state index in [1.807, 2.05) is 43.3 Å². The highest BCUT2D eigenvalue weighted by Gasteiger charge is 2.26. The molecule has 2 aromatic carbocycles. The number of nitrogens with one attached hydrogen (secondary N) is 1. The van der Waals surface area contributed by atoms with E-state index in [0.29, 0.717) is 18.0 Å². The molecular formula is C25H25FN6O. The molecule has 5 rings (SSSR count). The summed E-state index contributed by atoms with van der Waals surface area (Å²) < 4.78 is 15.1. The lowest BCUT2D eigenvalue weighted by Gasteiger charge is -2.32. The molecule has 0 bridgehead atoms. The topological polar surface area (TPSA) is 75.4 Å². The van der Waals surface area contributed by atoms with Crippen LogP contribution in [0, 0.1) is 18.7 Å². The average Bonchev–Trinajstić information content (AvgIpc) is 3.26. The van der Waals surface area contributed by atoms with Gasteiger partial charge in [0.25, 0.3) is 0 Å². The summed E-state index contributed by atoms with van der Waals surface area (Å²) in [4.78, 5) is 14.8. The number of carbonyl (C=O) groups is 1. The number of anilines is 1. The zero-order valence-corrected chi connectivity index (χ0v) is 18.4. The molecule has 0 aliphatic carbocycles. The Morgan fingerprint density at radius 3 is 2.67 bits per heavy atom. The summed E-state index contributed by atoms with van der Waals surface area (Å²) in [6.07, 6.45) is 1.48. The van der Waals surface area contributed by atoms with Crippen molar-refractivity contribution in [3.63, 3.8) is 0 Å². The molecule has 0 saturated carbocycles. The Kier molecular flexibility index (Phi) is 5.73. The lowest BCUT2D eigenvalue weighted by molar-refractivity contribution is -0.125. The molecule has 168 valence electrons. The number of hydrogen-bond donors (Lipinski definition) is 1. The van der Waals surface area contributed by atoms with Crippen LogP contribution in [0.2, 0.25) is 0 Å². The Morgan fingerprint density at radius 2 is 1.88 bits per heavy atom. The molecule has 1 fully saturated rings. The van der Waals surface area contributed by atoms with Gasteiger partial charge in [-0.05, 0) is 55.7 Å². The molecule has 1 aliphatic rings. The minimum absolute atomic E-state index is 0.0165. The summed E-state index contributed by atoms with van der Waals surface area (Å²) in [7, 11) is 0. The standard InChI is InChI=1S/C25H25FN6O/c1-17-4-2-6-20(14-17)24-29-28-22-8-9-23(30-32(22)24)31-12-10-19(11-13-31)25(33)27-16-18-5-3-7-21(26)15-18/h2-9,14-15,19H,10-13,16H2,1H3,(H,27,33). The first-order valence-corrected chi connectivity index (χ1v) is 11.1. The van der Waals surface area contributed by atoms with Crippen LogP contribution in [0.4, 0.5) is 10.2 Å². The van der Waals surface area contributed by atoms with Gasteiger partial charge in [0.15, 0.2) is 11.5 Å². The summed E-state index contributed by atoms with van der Waals surface area (Å²) >= 11 is 0. The van der Waals surface area contributed by atoms with Gasteiger partial charge >= 0.3 is 0 Å². The van der Waals surface area contributed by atoms with Crippen molar-refractivity contribution in [2.75, 3.05) is 18.0 Å². The molecule has 0 radical (unpaired) electrons. The van der Waals surface area contributed by atoms with E-state index in [9.17, 15) is 9.18 Å². The van der Waals surface area contributed by atoms with Gasteiger partial charge in [-0.3, -0.25) is 4.79 Å². The number of carbonyl (C=O) groups excluding carboxylic acids is 1. The monoisotopic (exact) mass is 444 g/mol. The number of fused-ring (bicyclic) bond motifs is 1. The summed E-state index contributed by atoms with van der Waals surface area (Å²) in [6, 6.07) is 18.3. The lowest BCUT2D eigenvalue weighted by atomic mass is 9.96. The minimum Gasteiger partial charge on any atom is -0.355 e. The van der Waals surface area contributed by atoms with E-state index in [-0.39, 0.29) is 17.6 Å². The maximum Gasteiger partial charge on any atom is 0.223 e. The van der Waals surface area contributed by atoms with Crippen molar-refractivity contribution < 1.29 is 9.18 Å². The predicted molar refractivity (Wildman–Crippen MR) is 124 cm³/mol. The fourth-order valence-electron chi connectivity index (χ4n) is 4.26.